The fraction of sp³-hybridized carbons (Fsp3) is 0.471. The van der Waals surface area contributed by atoms with Crippen LogP contribution in [0.15, 0.2) is 18.2 Å². The number of anilines is 1. The predicted molar refractivity (Wildman–Crippen MR) is 95.1 cm³/mol. The highest BCUT2D eigenvalue weighted by atomic mass is 35.5. The normalized spacial score (nSPS) is 17.9. The molecule has 2 atom stereocenters. The molecule has 0 spiro atoms. The summed E-state index contributed by atoms with van der Waals surface area (Å²) < 4.78 is 0. The highest BCUT2D eigenvalue weighted by Crippen LogP contribution is 2.25. The molecule has 0 aromatic heterocycles. The van der Waals surface area contributed by atoms with Crippen molar-refractivity contribution in [2.45, 2.75) is 31.8 Å². The third kappa shape index (κ3) is 4.22. The number of carboxylic acid groups (broad SMARTS) is 1. The molecule has 2 N–H and O–H groups in total. The molecule has 1 aliphatic rings. The lowest BCUT2D eigenvalue weighted by atomic mass is 10.1. The maximum Gasteiger partial charge on any atom is 0.326 e. The molecule has 1 aromatic rings. The van der Waals surface area contributed by atoms with Crippen LogP contribution in [-0.4, -0.2) is 60.5 Å². The molecule has 0 saturated carbocycles. The summed E-state index contributed by atoms with van der Waals surface area (Å²) in [6.45, 7) is 1.94. The minimum Gasteiger partial charge on any atom is -0.480 e. The van der Waals surface area contributed by atoms with E-state index in [2.05, 4.69) is 5.32 Å². The van der Waals surface area contributed by atoms with Crippen LogP contribution in [0.2, 0.25) is 5.02 Å². The lowest BCUT2D eigenvalue weighted by molar-refractivity contribution is -0.148. The van der Waals surface area contributed by atoms with Gasteiger partial charge in [0.2, 0.25) is 5.91 Å². The van der Waals surface area contributed by atoms with Crippen molar-refractivity contribution in [3.05, 3.63) is 28.8 Å². The molecule has 8 heteroatoms. The molecule has 25 heavy (non-hydrogen) atoms. The van der Waals surface area contributed by atoms with Crippen LogP contribution >= 0.6 is 11.6 Å². The standard InChI is InChI=1S/C17H22ClN3O4/c1-10(16(23)21-8-4-5-14(21)17(24)25)19-15(22)11-6-7-13(20(2)3)12(18)9-11/h6-7,9-10,14H,4-5,8H2,1-3H3,(H,19,22)(H,24,25). The number of carbonyl (C=O) groups is 3. The second kappa shape index (κ2) is 7.74. The first-order valence-electron chi connectivity index (χ1n) is 8.03. The molecule has 2 amide bonds. The fourth-order valence-corrected chi connectivity index (χ4v) is 3.24. The van der Waals surface area contributed by atoms with Crippen LogP contribution in [0.5, 0.6) is 0 Å². The first-order valence-corrected chi connectivity index (χ1v) is 8.41. The molecule has 1 fully saturated rings. The molecule has 0 aliphatic carbocycles. The number of likely N-dealkylation sites (tertiary alicyclic amines) is 1. The van der Waals surface area contributed by atoms with E-state index in [-0.39, 0.29) is 0 Å². The monoisotopic (exact) mass is 367 g/mol. The van der Waals surface area contributed by atoms with E-state index in [9.17, 15) is 19.5 Å². The minimum absolute atomic E-state index is 0.339. The molecule has 1 saturated heterocycles. The van der Waals surface area contributed by atoms with Gasteiger partial charge in [0.25, 0.3) is 5.91 Å². The van der Waals surface area contributed by atoms with Crippen molar-refractivity contribution < 1.29 is 19.5 Å². The topological polar surface area (TPSA) is 90.0 Å². The largest absolute Gasteiger partial charge is 0.480 e. The van der Waals surface area contributed by atoms with E-state index in [1.807, 2.05) is 19.0 Å². The van der Waals surface area contributed by atoms with Gasteiger partial charge in [-0.15, -0.1) is 0 Å². The number of rotatable bonds is 5. The van der Waals surface area contributed by atoms with Gasteiger partial charge < -0.3 is 20.2 Å². The Morgan fingerprint density at radius 3 is 2.60 bits per heavy atom. The second-order valence-electron chi connectivity index (χ2n) is 6.28. The highest BCUT2D eigenvalue weighted by Gasteiger charge is 2.36. The van der Waals surface area contributed by atoms with Crippen molar-refractivity contribution >= 4 is 35.1 Å². The zero-order valence-electron chi connectivity index (χ0n) is 14.5. The SMILES string of the molecule is CC(NC(=O)c1ccc(N(C)C)c(Cl)c1)C(=O)N1CCCC1C(=O)O. The van der Waals surface area contributed by atoms with Crippen molar-refractivity contribution in [2.75, 3.05) is 25.5 Å². The van der Waals surface area contributed by atoms with Gasteiger partial charge >= 0.3 is 5.97 Å². The van der Waals surface area contributed by atoms with Crippen molar-refractivity contribution in [1.82, 2.24) is 10.2 Å². The Labute approximate surface area is 151 Å². The van der Waals surface area contributed by atoms with Crippen molar-refractivity contribution in [3.63, 3.8) is 0 Å². The van der Waals surface area contributed by atoms with Crippen LogP contribution in [0.4, 0.5) is 5.69 Å². The number of carboxylic acids is 1. The number of hydrogen-bond donors (Lipinski definition) is 2. The first kappa shape index (κ1) is 19.1. The zero-order valence-corrected chi connectivity index (χ0v) is 15.2. The van der Waals surface area contributed by atoms with E-state index in [0.717, 1.165) is 5.69 Å². The van der Waals surface area contributed by atoms with Crippen LogP contribution in [0.25, 0.3) is 0 Å². The van der Waals surface area contributed by atoms with E-state index >= 15 is 0 Å². The molecule has 136 valence electrons. The third-order valence-corrected chi connectivity index (χ3v) is 4.53. The fourth-order valence-electron chi connectivity index (χ4n) is 2.89. The predicted octanol–water partition coefficient (Wildman–Crippen LogP) is 1.60. The van der Waals surface area contributed by atoms with E-state index in [1.54, 1.807) is 25.1 Å². The van der Waals surface area contributed by atoms with E-state index in [0.29, 0.717) is 30.0 Å². The lowest BCUT2D eigenvalue weighted by Gasteiger charge is -2.25. The molecule has 1 aliphatic heterocycles. The number of halogens is 1. The van der Waals surface area contributed by atoms with Crippen molar-refractivity contribution in [1.29, 1.82) is 0 Å². The summed E-state index contributed by atoms with van der Waals surface area (Å²) in [4.78, 5) is 39.2. The summed E-state index contributed by atoms with van der Waals surface area (Å²) in [6, 6.07) is 3.26. The number of benzene rings is 1. The van der Waals surface area contributed by atoms with Crippen LogP contribution in [0.1, 0.15) is 30.1 Å². The molecule has 2 rings (SSSR count). The summed E-state index contributed by atoms with van der Waals surface area (Å²) in [5.41, 5.74) is 1.12. The average Bonchev–Trinajstić information content (AvgIpc) is 3.03. The summed E-state index contributed by atoms with van der Waals surface area (Å²) >= 11 is 6.16. The van der Waals surface area contributed by atoms with Crippen molar-refractivity contribution in [3.8, 4) is 0 Å². The zero-order chi connectivity index (χ0) is 18.7. The second-order valence-corrected chi connectivity index (χ2v) is 6.69. The smallest absolute Gasteiger partial charge is 0.326 e. The first-order chi connectivity index (χ1) is 11.7. The summed E-state index contributed by atoms with van der Waals surface area (Å²) in [7, 11) is 3.69. The van der Waals surface area contributed by atoms with E-state index in [1.165, 1.54) is 4.90 Å². The van der Waals surface area contributed by atoms with Crippen LogP contribution < -0.4 is 10.2 Å². The van der Waals surface area contributed by atoms with E-state index in [4.69, 9.17) is 11.6 Å². The number of aliphatic carboxylic acids is 1. The van der Waals surface area contributed by atoms with Gasteiger partial charge in [0, 0.05) is 26.2 Å². The molecule has 0 bridgehead atoms. The number of amides is 2. The quantitative estimate of drug-likeness (QED) is 0.825. The Hall–Kier alpha value is -2.28. The van der Waals surface area contributed by atoms with Gasteiger partial charge in [0.15, 0.2) is 0 Å². The third-order valence-electron chi connectivity index (χ3n) is 4.23. The number of nitrogens with one attached hydrogen (secondary N) is 1. The van der Waals surface area contributed by atoms with Gasteiger partial charge in [-0.25, -0.2) is 4.79 Å². The maximum absolute atomic E-state index is 12.5. The Kier molecular flexibility index (Phi) is 5.89. The minimum atomic E-state index is -1.02. The van der Waals surface area contributed by atoms with Crippen LogP contribution in [0.3, 0.4) is 0 Å². The molecule has 0 radical (unpaired) electrons. The highest BCUT2D eigenvalue weighted by molar-refractivity contribution is 6.33. The van der Waals surface area contributed by atoms with Crippen molar-refractivity contribution in [2.24, 2.45) is 0 Å². The number of nitrogens with zero attached hydrogens (tertiary/aromatic N) is 2. The summed E-state index contributed by atoms with van der Waals surface area (Å²) in [6.07, 6.45) is 1.08. The Bertz CT molecular complexity index is 692. The molecule has 7 nitrogen and oxygen atoms in total. The van der Waals surface area contributed by atoms with Gasteiger partial charge in [-0.05, 0) is 38.0 Å². The summed E-state index contributed by atoms with van der Waals surface area (Å²) in [5, 5.41) is 12.2. The summed E-state index contributed by atoms with van der Waals surface area (Å²) in [5.74, 6) is -1.84. The molecule has 1 heterocycles. The number of hydrogen-bond acceptors (Lipinski definition) is 4. The lowest BCUT2D eigenvalue weighted by Crippen LogP contribution is -2.50. The van der Waals surface area contributed by atoms with Gasteiger partial charge in [-0.2, -0.15) is 0 Å². The van der Waals surface area contributed by atoms with Gasteiger partial charge in [0.1, 0.15) is 12.1 Å². The van der Waals surface area contributed by atoms with Gasteiger partial charge in [-0.1, -0.05) is 11.6 Å². The van der Waals surface area contributed by atoms with Crippen LogP contribution in [-0.2, 0) is 9.59 Å². The Morgan fingerprint density at radius 1 is 1.36 bits per heavy atom. The van der Waals surface area contributed by atoms with Gasteiger partial charge in [0.05, 0.1) is 10.7 Å². The molecular formula is C17H22ClN3O4. The Morgan fingerprint density at radius 2 is 2.04 bits per heavy atom. The maximum atomic E-state index is 12.5. The molecule has 1 aromatic carbocycles. The molecule has 2 unspecified atom stereocenters. The van der Waals surface area contributed by atoms with E-state index < -0.39 is 29.9 Å². The Balaban J connectivity index is 2.06. The molecular weight excluding hydrogens is 346 g/mol. The average molecular weight is 368 g/mol. The van der Waals surface area contributed by atoms with Gasteiger partial charge in [-0.3, -0.25) is 9.59 Å². The van der Waals surface area contributed by atoms with Crippen LogP contribution in [0, 0.1) is 0 Å². The number of carbonyl (C=O) groups excluding carboxylic acids is 2.